The summed E-state index contributed by atoms with van der Waals surface area (Å²) < 4.78 is 0. The summed E-state index contributed by atoms with van der Waals surface area (Å²) in [6.07, 6.45) is 6.68. The minimum Gasteiger partial charge on any atom is -0.283 e. The summed E-state index contributed by atoms with van der Waals surface area (Å²) in [5, 5.41) is 10.4. The fourth-order valence-electron chi connectivity index (χ4n) is 3.33. The van der Waals surface area contributed by atoms with Crippen LogP contribution >= 0.6 is 11.3 Å². The van der Waals surface area contributed by atoms with Gasteiger partial charge in [-0.1, -0.05) is 47.9 Å². The van der Waals surface area contributed by atoms with Gasteiger partial charge >= 0.3 is 0 Å². The number of benzene rings is 1. The average Bonchev–Trinajstić information content (AvgIpc) is 3.06. The first-order valence-electron chi connectivity index (χ1n) is 8.46. The van der Waals surface area contributed by atoms with Crippen LogP contribution in [0.25, 0.3) is 10.6 Å². The molecule has 2 aromatic rings. The second-order valence-corrected chi connectivity index (χ2v) is 7.64. The highest BCUT2D eigenvalue weighted by Gasteiger charge is 2.39. The quantitative estimate of drug-likeness (QED) is 0.845. The highest BCUT2D eigenvalue weighted by molar-refractivity contribution is 7.18. The second kappa shape index (κ2) is 6.04. The summed E-state index contributed by atoms with van der Waals surface area (Å²) in [4.78, 5) is 14.7. The number of rotatable bonds is 4. The zero-order chi connectivity index (χ0) is 15.8. The molecular formula is C18H21N3OS. The molecule has 120 valence electrons. The van der Waals surface area contributed by atoms with Crippen molar-refractivity contribution >= 4 is 22.4 Å². The Balaban J connectivity index is 1.65. The minimum absolute atomic E-state index is 0.224. The van der Waals surface area contributed by atoms with E-state index in [9.17, 15) is 4.79 Å². The van der Waals surface area contributed by atoms with Crippen LogP contribution < -0.4 is 4.90 Å². The Labute approximate surface area is 140 Å². The Morgan fingerprint density at radius 2 is 1.96 bits per heavy atom. The third-order valence-electron chi connectivity index (χ3n) is 4.74. The molecule has 0 spiro atoms. The Morgan fingerprint density at radius 3 is 2.65 bits per heavy atom. The molecule has 2 fully saturated rings. The predicted octanol–water partition coefficient (Wildman–Crippen LogP) is 4.20. The fraction of sp³-hybridized carbons (Fsp3) is 0.500. The Hall–Kier alpha value is -1.75. The summed E-state index contributed by atoms with van der Waals surface area (Å²) in [6, 6.07) is 8.61. The first-order valence-corrected chi connectivity index (χ1v) is 9.27. The van der Waals surface area contributed by atoms with E-state index in [0.717, 1.165) is 41.4 Å². The van der Waals surface area contributed by atoms with Crippen LogP contribution in [0.15, 0.2) is 24.3 Å². The molecular weight excluding hydrogens is 306 g/mol. The van der Waals surface area contributed by atoms with Gasteiger partial charge in [0.2, 0.25) is 11.0 Å². The SMILES string of the molecule is Cc1cccc(-c2nnc(N(C(=O)C3CC3)C3CCCC3)s2)c1. The standard InChI is InChI=1S/C18H21N3OS/c1-12-5-4-6-14(11-12)16-19-20-18(23-16)21(15-7-2-3-8-15)17(22)13-9-10-13/h4-6,11,13,15H,2-3,7-10H2,1H3. The van der Waals surface area contributed by atoms with Gasteiger partial charge in [0.25, 0.3) is 0 Å². The van der Waals surface area contributed by atoms with Crippen LogP contribution in [0.2, 0.25) is 0 Å². The largest absolute Gasteiger partial charge is 0.283 e. The second-order valence-electron chi connectivity index (χ2n) is 6.68. The van der Waals surface area contributed by atoms with Crippen molar-refractivity contribution in [1.29, 1.82) is 0 Å². The van der Waals surface area contributed by atoms with Crippen LogP contribution in [0.4, 0.5) is 5.13 Å². The van der Waals surface area contributed by atoms with Crippen LogP contribution in [0.1, 0.15) is 44.1 Å². The van der Waals surface area contributed by atoms with Gasteiger partial charge in [-0.15, -0.1) is 10.2 Å². The highest BCUT2D eigenvalue weighted by atomic mass is 32.1. The maximum atomic E-state index is 12.8. The lowest BCUT2D eigenvalue weighted by Gasteiger charge is -2.26. The van der Waals surface area contributed by atoms with Crippen LogP contribution in [0.3, 0.4) is 0 Å². The topological polar surface area (TPSA) is 46.1 Å². The lowest BCUT2D eigenvalue weighted by Crippen LogP contribution is -2.40. The Bertz CT molecular complexity index is 717. The molecule has 2 aliphatic rings. The van der Waals surface area contributed by atoms with Crippen molar-refractivity contribution in [2.75, 3.05) is 4.90 Å². The van der Waals surface area contributed by atoms with Crippen LogP contribution in [-0.4, -0.2) is 22.1 Å². The monoisotopic (exact) mass is 327 g/mol. The van der Waals surface area contributed by atoms with E-state index in [1.165, 1.54) is 18.4 Å². The highest BCUT2D eigenvalue weighted by Crippen LogP contribution is 2.39. The number of carbonyl (C=O) groups is 1. The zero-order valence-electron chi connectivity index (χ0n) is 13.4. The first kappa shape index (κ1) is 14.8. The van der Waals surface area contributed by atoms with Crippen molar-refractivity contribution < 1.29 is 4.79 Å². The molecule has 0 radical (unpaired) electrons. The molecule has 23 heavy (non-hydrogen) atoms. The van der Waals surface area contributed by atoms with Gasteiger partial charge in [-0.3, -0.25) is 9.69 Å². The Morgan fingerprint density at radius 1 is 1.17 bits per heavy atom. The van der Waals surface area contributed by atoms with Gasteiger partial charge in [0.15, 0.2) is 0 Å². The van der Waals surface area contributed by atoms with Gasteiger partial charge in [0, 0.05) is 17.5 Å². The van der Waals surface area contributed by atoms with Crippen molar-refractivity contribution in [3.05, 3.63) is 29.8 Å². The fourth-order valence-corrected chi connectivity index (χ4v) is 4.25. The molecule has 1 amide bonds. The number of aromatic nitrogens is 2. The van der Waals surface area contributed by atoms with Crippen molar-refractivity contribution in [2.24, 2.45) is 5.92 Å². The molecule has 4 rings (SSSR count). The molecule has 1 heterocycles. The number of anilines is 1. The van der Waals surface area contributed by atoms with Gasteiger partial charge in [-0.25, -0.2) is 0 Å². The number of nitrogens with zero attached hydrogens (tertiary/aromatic N) is 3. The summed E-state index contributed by atoms with van der Waals surface area (Å²) >= 11 is 1.55. The van der Waals surface area contributed by atoms with Gasteiger partial charge in [-0.05, 0) is 38.7 Å². The van der Waals surface area contributed by atoms with E-state index in [-0.39, 0.29) is 11.8 Å². The zero-order valence-corrected chi connectivity index (χ0v) is 14.2. The Kier molecular flexibility index (Phi) is 3.89. The summed E-state index contributed by atoms with van der Waals surface area (Å²) in [5.41, 5.74) is 2.29. The molecule has 1 aromatic heterocycles. The normalized spacial score (nSPS) is 18.3. The number of amides is 1. The van der Waals surface area contributed by atoms with Crippen LogP contribution in [0.5, 0.6) is 0 Å². The molecule has 0 unspecified atom stereocenters. The lowest BCUT2D eigenvalue weighted by atomic mass is 10.1. The summed E-state index contributed by atoms with van der Waals surface area (Å²) in [6.45, 7) is 2.08. The van der Waals surface area contributed by atoms with Crippen molar-refractivity contribution in [2.45, 2.75) is 51.5 Å². The van der Waals surface area contributed by atoms with E-state index in [4.69, 9.17) is 0 Å². The van der Waals surface area contributed by atoms with E-state index >= 15 is 0 Å². The molecule has 0 atom stereocenters. The molecule has 0 saturated heterocycles. The number of hydrogen-bond donors (Lipinski definition) is 0. The molecule has 4 nitrogen and oxygen atoms in total. The van der Waals surface area contributed by atoms with Gasteiger partial charge < -0.3 is 0 Å². The van der Waals surface area contributed by atoms with Crippen LogP contribution in [0, 0.1) is 12.8 Å². The van der Waals surface area contributed by atoms with E-state index < -0.39 is 0 Å². The van der Waals surface area contributed by atoms with E-state index in [0.29, 0.717) is 6.04 Å². The van der Waals surface area contributed by atoms with E-state index in [2.05, 4.69) is 35.3 Å². The number of hydrogen-bond acceptors (Lipinski definition) is 4. The minimum atomic E-state index is 0.224. The molecule has 0 N–H and O–H groups in total. The predicted molar refractivity (Wildman–Crippen MR) is 92.5 cm³/mol. The molecule has 0 bridgehead atoms. The van der Waals surface area contributed by atoms with Crippen molar-refractivity contribution in [3.63, 3.8) is 0 Å². The van der Waals surface area contributed by atoms with Crippen LogP contribution in [-0.2, 0) is 4.79 Å². The van der Waals surface area contributed by atoms with E-state index in [1.54, 1.807) is 11.3 Å². The lowest BCUT2D eigenvalue weighted by molar-refractivity contribution is -0.120. The smallest absolute Gasteiger partial charge is 0.232 e. The summed E-state index contributed by atoms with van der Waals surface area (Å²) in [7, 11) is 0. The van der Waals surface area contributed by atoms with Gasteiger partial charge in [0.1, 0.15) is 5.01 Å². The molecule has 0 aliphatic heterocycles. The van der Waals surface area contributed by atoms with Crippen molar-refractivity contribution in [3.8, 4) is 10.6 Å². The van der Waals surface area contributed by atoms with Gasteiger partial charge in [0.05, 0.1) is 0 Å². The first-order chi connectivity index (χ1) is 11.2. The molecule has 5 heteroatoms. The maximum Gasteiger partial charge on any atom is 0.232 e. The third kappa shape index (κ3) is 3.02. The van der Waals surface area contributed by atoms with E-state index in [1.807, 2.05) is 11.0 Å². The third-order valence-corrected chi connectivity index (χ3v) is 5.71. The number of carbonyl (C=O) groups excluding carboxylic acids is 1. The number of aryl methyl sites for hydroxylation is 1. The molecule has 2 aliphatic carbocycles. The maximum absolute atomic E-state index is 12.8. The average molecular weight is 327 g/mol. The summed E-state index contributed by atoms with van der Waals surface area (Å²) in [5.74, 6) is 0.491. The van der Waals surface area contributed by atoms with Gasteiger partial charge in [-0.2, -0.15) is 0 Å². The molecule has 1 aromatic carbocycles. The van der Waals surface area contributed by atoms with Crippen molar-refractivity contribution in [1.82, 2.24) is 10.2 Å². The molecule has 2 saturated carbocycles.